The molecule has 0 aliphatic carbocycles. The molecule has 0 N–H and O–H groups in total. The van der Waals surface area contributed by atoms with Gasteiger partial charge in [0.15, 0.2) is 0 Å². The summed E-state index contributed by atoms with van der Waals surface area (Å²) in [6.07, 6.45) is 0. The second-order valence-electron chi connectivity index (χ2n) is 5.35. The lowest BCUT2D eigenvalue weighted by molar-refractivity contribution is 1.39. The van der Waals surface area contributed by atoms with E-state index < -0.39 is 0 Å². The van der Waals surface area contributed by atoms with Crippen LogP contribution in [0.3, 0.4) is 0 Å². The summed E-state index contributed by atoms with van der Waals surface area (Å²) in [7, 11) is 0. The molecule has 0 amide bonds. The van der Waals surface area contributed by atoms with Gasteiger partial charge < -0.3 is 0 Å². The Hall–Kier alpha value is -1.82. The van der Waals surface area contributed by atoms with Crippen molar-refractivity contribution >= 4 is 21.5 Å². The Bertz CT molecular complexity index is 697. The van der Waals surface area contributed by atoms with E-state index in [1.165, 1.54) is 43.8 Å². The Morgan fingerprint density at radius 1 is 0.500 bits per heavy atom. The summed E-state index contributed by atoms with van der Waals surface area (Å²) in [6, 6.07) is 13.5. The van der Waals surface area contributed by atoms with E-state index in [4.69, 9.17) is 0 Å². The summed E-state index contributed by atoms with van der Waals surface area (Å²) in [5.74, 6) is 0. The molecular formula is C18H18. The van der Waals surface area contributed by atoms with Gasteiger partial charge in [0.1, 0.15) is 0 Å². The molecule has 0 radical (unpaired) electrons. The number of rotatable bonds is 0. The Balaban J connectivity index is 2.62. The number of fused-ring (bicyclic) bond motifs is 3. The fourth-order valence-electron chi connectivity index (χ4n) is 2.81. The minimum Gasteiger partial charge on any atom is -0.0587 e. The van der Waals surface area contributed by atoms with Gasteiger partial charge in [-0.3, -0.25) is 0 Å². The molecule has 0 bridgehead atoms. The van der Waals surface area contributed by atoms with E-state index in [-0.39, 0.29) is 0 Å². The van der Waals surface area contributed by atoms with E-state index in [1.807, 2.05) is 0 Å². The average Bonchev–Trinajstić information content (AvgIpc) is 2.36. The van der Waals surface area contributed by atoms with Gasteiger partial charge in [0.05, 0.1) is 0 Å². The SMILES string of the molecule is Cc1ccc2c(c1)c(C)c(C)c1cc(C)ccc12. The number of benzene rings is 3. The predicted octanol–water partition coefficient (Wildman–Crippen LogP) is 5.23. The van der Waals surface area contributed by atoms with Gasteiger partial charge in [-0.1, -0.05) is 47.5 Å². The van der Waals surface area contributed by atoms with Crippen molar-refractivity contribution in [2.24, 2.45) is 0 Å². The minimum absolute atomic E-state index is 1.33. The lowest BCUT2D eigenvalue weighted by Gasteiger charge is -2.13. The first-order valence-electron chi connectivity index (χ1n) is 6.48. The molecule has 90 valence electrons. The highest BCUT2D eigenvalue weighted by molar-refractivity contribution is 6.10. The smallest absolute Gasteiger partial charge is 0.0102 e. The molecule has 3 aromatic rings. The minimum atomic E-state index is 1.33. The van der Waals surface area contributed by atoms with Crippen molar-refractivity contribution in [3.05, 3.63) is 58.7 Å². The van der Waals surface area contributed by atoms with Gasteiger partial charge in [0.25, 0.3) is 0 Å². The Morgan fingerprint density at radius 2 is 0.889 bits per heavy atom. The first-order chi connectivity index (χ1) is 8.58. The maximum Gasteiger partial charge on any atom is -0.0102 e. The summed E-state index contributed by atoms with van der Waals surface area (Å²) in [4.78, 5) is 0. The van der Waals surface area contributed by atoms with Crippen molar-refractivity contribution in [2.75, 3.05) is 0 Å². The fourth-order valence-corrected chi connectivity index (χ4v) is 2.81. The third-order valence-electron chi connectivity index (χ3n) is 4.01. The van der Waals surface area contributed by atoms with Crippen molar-refractivity contribution < 1.29 is 0 Å². The van der Waals surface area contributed by atoms with E-state index in [1.54, 1.807) is 0 Å². The highest BCUT2D eigenvalue weighted by atomic mass is 14.1. The lowest BCUT2D eigenvalue weighted by Crippen LogP contribution is -1.89. The van der Waals surface area contributed by atoms with E-state index in [0.717, 1.165) is 0 Å². The molecule has 0 heteroatoms. The van der Waals surface area contributed by atoms with E-state index in [2.05, 4.69) is 64.1 Å². The van der Waals surface area contributed by atoms with Crippen molar-refractivity contribution in [3.8, 4) is 0 Å². The highest BCUT2D eigenvalue weighted by Crippen LogP contribution is 2.33. The van der Waals surface area contributed by atoms with Crippen LogP contribution in [0, 0.1) is 27.7 Å². The van der Waals surface area contributed by atoms with Crippen LogP contribution in [0.5, 0.6) is 0 Å². The fraction of sp³-hybridized carbons (Fsp3) is 0.222. The second-order valence-corrected chi connectivity index (χ2v) is 5.35. The molecule has 0 nitrogen and oxygen atoms in total. The summed E-state index contributed by atoms with van der Waals surface area (Å²) >= 11 is 0. The molecule has 3 aromatic carbocycles. The monoisotopic (exact) mass is 234 g/mol. The van der Waals surface area contributed by atoms with Gasteiger partial charge in [0, 0.05) is 0 Å². The van der Waals surface area contributed by atoms with Crippen LogP contribution in [-0.2, 0) is 0 Å². The van der Waals surface area contributed by atoms with Crippen LogP contribution in [0.2, 0.25) is 0 Å². The largest absolute Gasteiger partial charge is 0.0587 e. The lowest BCUT2D eigenvalue weighted by atomic mass is 9.91. The summed E-state index contributed by atoms with van der Waals surface area (Å²) in [5.41, 5.74) is 5.48. The molecule has 0 aliphatic rings. The van der Waals surface area contributed by atoms with E-state index >= 15 is 0 Å². The highest BCUT2D eigenvalue weighted by Gasteiger charge is 2.08. The summed E-state index contributed by atoms with van der Waals surface area (Å²) in [6.45, 7) is 8.79. The second kappa shape index (κ2) is 3.84. The van der Waals surface area contributed by atoms with Crippen molar-refractivity contribution in [1.82, 2.24) is 0 Å². The molecule has 18 heavy (non-hydrogen) atoms. The molecule has 0 heterocycles. The maximum atomic E-state index is 2.30. The first kappa shape index (κ1) is 11.3. The molecule has 0 aromatic heterocycles. The zero-order valence-corrected chi connectivity index (χ0v) is 11.5. The van der Waals surface area contributed by atoms with Crippen LogP contribution >= 0.6 is 0 Å². The Morgan fingerprint density at radius 3 is 1.28 bits per heavy atom. The van der Waals surface area contributed by atoms with Gasteiger partial charge >= 0.3 is 0 Å². The van der Waals surface area contributed by atoms with E-state index in [0.29, 0.717) is 0 Å². The van der Waals surface area contributed by atoms with E-state index in [9.17, 15) is 0 Å². The first-order valence-corrected chi connectivity index (χ1v) is 6.48. The van der Waals surface area contributed by atoms with Gasteiger partial charge in [-0.2, -0.15) is 0 Å². The Kier molecular flexibility index (Phi) is 2.41. The van der Waals surface area contributed by atoms with Crippen LogP contribution in [-0.4, -0.2) is 0 Å². The zero-order chi connectivity index (χ0) is 12.9. The normalized spacial score (nSPS) is 11.3. The van der Waals surface area contributed by atoms with Crippen LogP contribution in [0.15, 0.2) is 36.4 Å². The third kappa shape index (κ3) is 1.53. The molecule has 0 fully saturated rings. The molecule has 0 saturated carbocycles. The van der Waals surface area contributed by atoms with Crippen molar-refractivity contribution in [1.29, 1.82) is 0 Å². The molecular weight excluding hydrogens is 216 g/mol. The average molecular weight is 234 g/mol. The molecule has 0 unspecified atom stereocenters. The van der Waals surface area contributed by atoms with Crippen molar-refractivity contribution in [2.45, 2.75) is 27.7 Å². The molecule has 0 saturated heterocycles. The van der Waals surface area contributed by atoms with Gasteiger partial charge in [-0.25, -0.2) is 0 Å². The summed E-state index contributed by atoms with van der Waals surface area (Å²) < 4.78 is 0. The molecule has 0 aliphatic heterocycles. The zero-order valence-electron chi connectivity index (χ0n) is 11.5. The molecule has 3 rings (SSSR count). The van der Waals surface area contributed by atoms with Crippen LogP contribution < -0.4 is 0 Å². The van der Waals surface area contributed by atoms with Crippen LogP contribution in [0.4, 0.5) is 0 Å². The van der Waals surface area contributed by atoms with Crippen LogP contribution in [0.25, 0.3) is 21.5 Å². The summed E-state index contributed by atoms with van der Waals surface area (Å²) in [5, 5.41) is 5.53. The maximum absolute atomic E-state index is 2.30. The number of hydrogen-bond donors (Lipinski definition) is 0. The Labute approximate surface area is 108 Å². The van der Waals surface area contributed by atoms with Gasteiger partial charge in [-0.05, 0) is 60.4 Å². The van der Waals surface area contributed by atoms with Crippen LogP contribution in [0.1, 0.15) is 22.3 Å². The number of aryl methyl sites for hydroxylation is 4. The van der Waals surface area contributed by atoms with Gasteiger partial charge in [0.2, 0.25) is 0 Å². The molecule has 0 atom stereocenters. The topological polar surface area (TPSA) is 0 Å². The number of hydrogen-bond acceptors (Lipinski definition) is 0. The third-order valence-corrected chi connectivity index (χ3v) is 4.01. The van der Waals surface area contributed by atoms with Gasteiger partial charge in [-0.15, -0.1) is 0 Å². The standard InChI is InChI=1S/C18H18/c1-11-5-7-15-16-8-6-12(2)10-18(16)14(4)13(3)17(15)9-11/h5-10H,1-4H3. The quantitative estimate of drug-likeness (QED) is 0.467. The van der Waals surface area contributed by atoms with Crippen molar-refractivity contribution in [3.63, 3.8) is 0 Å². The predicted molar refractivity (Wildman–Crippen MR) is 80.4 cm³/mol. The molecule has 0 spiro atoms.